The molecule has 116 valence electrons. The van der Waals surface area contributed by atoms with Crippen molar-refractivity contribution in [3.05, 3.63) is 35.9 Å². The van der Waals surface area contributed by atoms with Gasteiger partial charge in [0.1, 0.15) is 0 Å². The van der Waals surface area contributed by atoms with E-state index < -0.39 is 0 Å². The van der Waals surface area contributed by atoms with Gasteiger partial charge < -0.3 is 5.32 Å². The second-order valence-electron chi connectivity index (χ2n) is 7.59. The van der Waals surface area contributed by atoms with Gasteiger partial charge in [0.25, 0.3) is 0 Å². The van der Waals surface area contributed by atoms with Crippen LogP contribution in [0.25, 0.3) is 0 Å². The van der Waals surface area contributed by atoms with Gasteiger partial charge in [0.15, 0.2) is 0 Å². The predicted octanol–water partition coefficient (Wildman–Crippen LogP) is 3.63. The molecule has 2 nitrogen and oxygen atoms in total. The van der Waals surface area contributed by atoms with E-state index in [2.05, 4.69) is 61.3 Å². The first-order chi connectivity index (χ1) is 10.1. The highest BCUT2D eigenvalue weighted by Gasteiger charge is 2.43. The largest absolute Gasteiger partial charge is 0.310 e. The van der Waals surface area contributed by atoms with Crippen molar-refractivity contribution in [2.45, 2.75) is 51.6 Å². The molecule has 1 N–H and O–H groups in total. The summed E-state index contributed by atoms with van der Waals surface area (Å²) in [6, 6.07) is 11.8. The molecule has 0 spiro atoms. The van der Waals surface area contributed by atoms with Crippen LogP contribution in [-0.4, -0.2) is 30.6 Å². The van der Waals surface area contributed by atoms with Crippen molar-refractivity contribution in [3.63, 3.8) is 0 Å². The number of benzene rings is 1. The molecular formula is C19H30N2. The number of rotatable bonds is 5. The summed E-state index contributed by atoms with van der Waals surface area (Å²) < 4.78 is 0. The average Bonchev–Trinajstić information content (AvgIpc) is 3.32. The third-order valence-electron chi connectivity index (χ3n) is 5.39. The van der Waals surface area contributed by atoms with E-state index in [0.717, 1.165) is 18.4 Å². The summed E-state index contributed by atoms with van der Waals surface area (Å²) in [4.78, 5) is 2.75. The highest BCUT2D eigenvalue weighted by Crippen LogP contribution is 2.38. The van der Waals surface area contributed by atoms with Gasteiger partial charge in [-0.15, -0.1) is 0 Å². The van der Waals surface area contributed by atoms with Crippen LogP contribution in [0.3, 0.4) is 0 Å². The highest BCUT2D eigenvalue weighted by molar-refractivity contribution is 5.25. The lowest BCUT2D eigenvalue weighted by Crippen LogP contribution is -2.62. The van der Waals surface area contributed by atoms with Crippen LogP contribution in [0.2, 0.25) is 0 Å². The smallest absolute Gasteiger partial charge is 0.0558 e. The minimum atomic E-state index is 0.140. The molecule has 0 bridgehead atoms. The molecule has 0 radical (unpaired) electrons. The van der Waals surface area contributed by atoms with Gasteiger partial charge in [-0.3, -0.25) is 4.90 Å². The summed E-state index contributed by atoms with van der Waals surface area (Å²) in [5, 5.41) is 3.85. The molecule has 2 unspecified atom stereocenters. The lowest BCUT2D eigenvalue weighted by molar-refractivity contribution is 0.0407. The van der Waals surface area contributed by atoms with Gasteiger partial charge in [-0.25, -0.2) is 0 Å². The number of hydrogen-bond acceptors (Lipinski definition) is 2. The third kappa shape index (κ3) is 3.32. The fraction of sp³-hybridized carbons (Fsp3) is 0.684. The minimum Gasteiger partial charge on any atom is -0.310 e. The molecular weight excluding hydrogens is 256 g/mol. The van der Waals surface area contributed by atoms with Crippen LogP contribution in [0, 0.1) is 11.8 Å². The lowest BCUT2D eigenvalue weighted by Gasteiger charge is -2.49. The molecule has 2 heteroatoms. The Balaban J connectivity index is 1.78. The van der Waals surface area contributed by atoms with E-state index in [1.54, 1.807) is 0 Å². The quantitative estimate of drug-likeness (QED) is 0.889. The third-order valence-corrected chi connectivity index (χ3v) is 5.39. The molecule has 21 heavy (non-hydrogen) atoms. The fourth-order valence-corrected chi connectivity index (χ4v) is 3.59. The molecule has 2 aliphatic rings. The van der Waals surface area contributed by atoms with Gasteiger partial charge in [0.2, 0.25) is 0 Å². The van der Waals surface area contributed by atoms with Crippen LogP contribution < -0.4 is 5.32 Å². The van der Waals surface area contributed by atoms with Gasteiger partial charge in [0, 0.05) is 19.1 Å². The Labute approximate surface area is 129 Å². The predicted molar refractivity (Wildman–Crippen MR) is 89.3 cm³/mol. The Kier molecular flexibility index (Phi) is 4.37. The van der Waals surface area contributed by atoms with E-state index in [-0.39, 0.29) is 5.54 Å². The molecule has 3 rings (SSSR count). The average molecular weight is 286 g/mol. The second-order valence-corrected chi connectivity index (χ2v) is 7.59. The first-order valence-corrected chi connectivity index (χ1v) is 8.63. The molecule has 0 aromatic heterocycles. The zero-order chi connectivity index (χ0) is 14.9. The molecule has 0 amide bonds. The van der Waals surface area contributed by atoms with Crippen LogP contribution in [0.5, 0.6) is 0 Å². The van der Waals surface area contributed by atoms with Crippen molar-refractivity contribution in [1.29, 1.82) is 0 Å². The van der Waals surface area contributed by atoms with Crippen molar-refractivity contribution >= 4 is 0 Å². The topological polar surface area (TPSA) is 15.3 Å². The first-order valence-electron chi connectivity index (χ1n) is 8.63. The Bertz CT molecular complexity index is 452. The fourth-order valence-electron chi connectivity index (χ4n) is 3.59. The van der Waals surface area contributed by atoms with Crippen LogP contribution in [0.1, 0.15) is 45.6 Å². The van der Waals surface area contributed by atoms with Crippen LogP contribution in [0.15, 0.2) is 30.3 Å². The standard InChI is InChI=1S/C19H30N2/c1-15(2)11-12-21-13-18(16-9-10-16)20-14-19(21,3)17-7-5-4-6-8-17/h4-8,15-16,18,20H,9-14H2,1-3H3. The van der Waals surface area contributed by atoms with Crippen molar-refractivity contribution in [2.24, 2.45) is 11.8 Å². The number of piperazine rings is 1. The summed E-state index contributed by atoms with van der Waals surface area (Å²) in [5.74, 6) is 1.71. The van der Waals surface area contributed by atoms with Gasteiger partial charge in [-0.2, -0.15) is 0 Å². The second kappa shape index (κ2) is 6.10. The molecule has 1 saturated carbocycles. The maximum Gasteiger partial charge on any atom is 0.0558 e. The maximum absolute atomic E-state index is 3.85. The minimum absolute atomic E-state index is 0.140. The zero-order valence-corrected chi connectivity index (χ0v) is 13.8. The first kappa shape index (κ1) is 15.1. The normalized spacial score (nSPS) is 30.8. The van der Waals surface area contributed by atoms with Gasteiger partial charge in [-0.1, -0.05) is 44.2 Å². The van der Waals surface area contributed by atoms with Crippen LogP contribution in [-0.2, 0) is 5.54 Å². The monoisotopic (exact) mass is 286 g/mol. The lowest BCUT2D eigenvalue weighted by atomic mass is 9.86. The summed E-state index contributed by atoms with van der Waals surface area (Å²) in [6.07, 6.45) is 4.15. The van der Waals surface area contributed by atoms with Crippen LogP contribution >= 0.6 is 0 Å². The Morgan fingerprint density at radius 2 is 1.95 bits per heavy atom. The Morgan fingerprint density at radius 3 is 2.57 bits per heavy atom. The van der Waals surface area contributed by atoms with Crippen molar-refractivity contribution < 1.29 is 0 Å². The number of nitrogens with zero attached hydrogens (tertiary/aromatic N) is 1. The summed E-state index contributed by atoms with van der Waals surface area (Å²) in [6.45, 7) is 10.6. The van der Waals surface area contributed by atoms with Crippen molar-refractivity contribution in [1.82, 2.24) is 10.2 Å². The molecule has 1 aromatic carbocycles. The molecule has 2 atom stereocenters. The van der Waals surface area contributed by atoms with Crippen molar-refractivity contribution in [2.75, 3.05) is 19.6 Å². The van der Waals surface area contributed by atoms with E-state index >= 15 is 0 Å². The molecule has 1 aliphatic heterocycles. The molecule has 1 saturated heterocycles. The molecule has 1 aliphatic carbocycles. The SMILES string of the molecule is CC(C)CCN1CC(C2CC2)NCC1(C)c1ccccc1. The van der Waals surface area contributed by atoms with E-state index in [1.807, 2.05) is 0 Å². The van der Waals surface area contributed by atoms with Gasteiger partial charge in [-0.05, 0) is 50.1 Å². The maximum atomic E-state index is 3.85. The van der Waals surface area contributed by atoms with Gasteiger partial charge in [0.05, 0.1) is 5.54 Å². The Morgan fingerprint density at radius 1 is 1.24 bits per heavy atom. The van der Waals surface area contributed by atoms with E-state index in [9.17, 15) is 0 Å². The number of nitrogens with one attached hydrogen (secondary N) is 1. The Hall–Kier alpha value is -0.860. The van der Waals surface area contributed by atoms with Crippen molar-refractivity contribution in [3.8, 4) is 0 Å². The van der Waals surface area contributed by atoms with E-state index in [1.165, 1.54) is 37.9 Å². The zero-order valence-electron chi connectivity index (χ0n) is 13.8. The van der Waals surface area contributed by atoms with E-state index in [4.69, 9.17) is 0 Å². The molecule has 1 aromatic rings. The summed E-state index contributed by atoms with van der Waals surface area (Å²) >= 11 is 0. The number of hydrogen-bond donors (Lipinski definition) is 1. The summed E-state index contributed by atoms with van der Waals surface area (Å²) in [7, 11) is 0. The van der Waals surface area contributed by atoms with E-state index in [0.29, 0.717) is 6.04 Å². The molecule has 2 fully saturated rings. The van der Waals surface area contributed by atoms with Gasteiger partial charge >= 0.3 is 0 Å². The summed E-state index contributed by atoms with van der Waals surface area (Å²) in [5.41, 5.74) is 1.59. The van der Waals surface area contributed by atoms with Crippen LogP contribution in [0.4, 0.5) is 0 Å². The highest BCUT2D eigenvalue weighted by atomic mass is 15.3. The molecule has 1 heterocycles.